The maximum Gasteiger partial charge on any atom is 0.263 e. The molecule has 1 saturated carbocycles. The molecule has 2 fully saturated rings. The molecule has 1 aromatic carbocycles. The van der Waals surface area contributed by atoms with Crippen molar-refractivity contribution < 1.29 is 9.53 Å². The molecule has 3 aliphatic rings. The molecule has 2 aromatic rings. The summed E-state index contributed by atoms with van der Waals surface area (Å²) in [6.45, 7) is 4.58. The van der Waals surface area contributed by atoms with Gasteiger partial charge in [0.1, 0.15) is 5.56 Å². The van der Waals surface area contributed by atoms with Crippen LogP contribution in [0.15, 0.2) is 24.3 Å². The van der Waals surface area contributed by atoms with Gasteiger partial charge in [-0.15, -0.1) is 0 Å². The number of benzene rings is 1. The molecule has 2 atom stereocenters. The van der Waals surface area contributed by atoms with Gasteiger partial charge in [-0.3, -0.25) is 4.79 Å². The molecule has 9 nitrogen and oxygen atoms in total. The molecule has 0 spiro atoms. The second-order valence-electron chi connectivity index (χ2n) is 9.41. The third kappa shape index (κ3) is 4.83. The number of piperidine rings is 1. The maximum atomic E-state index is 12.6. The van der Waals surface area contributed by atoms with Crippen LogP contribution in [-0.4, -0.2) is 47.8 Å². The molecule has 0 radical (unpaired) electrons. The summed E-state index contributed by atoms with van der Waals surface area (Å²) >= 11 is 0. The lowest BCUT2D eigenvalue weighted by Gasteiger charge is -2.32. The first kappa shape index (κ1) is 21.8. The van der Waals surface area contributed by atoms with Crippen molar-refractivity contribution in [2.24, 2.45) is 11.7 Å². The van der Waals surface area contributed by atoms with E-state index < -0.39 is 0 Å². The Bertz CT molecular complexity index is 989. The van der Waals surface area contributed by atoms with Gasteiger partial charge in [-0.1, -0.05) is 19.8 Å². The van der Waals surface area contributed by atoms with Gasteiger partial charge >= 0.3 is 0 Å². The number of hydrogen-bond acceptors (Lipinski definition) is 8. The van der Waals surface area contributed by atoms with Crippen LogP contribution in [0.25, 0.3) is 0 Å². The van der Waals surface area contributed by atoms with Crippen LogP contribution >= 0.6 is 0 Å². The number of aromatic nitrogens is 2. The fraction of sp³-hybridized carbons (Fsp3) is 0.542. The Kier molecular flexibility index (Phi) is 6.22. The van der Waals surface area contributed by atoms with Crippen molar-refractivity contribution in [2.45, 2.75) is 57.5 Å². The minimum Gasteiger partial charge on any atom is -0.456 e. The van der Waals surface area contributed by atoms with E-state index in [-0.39, 0.29) is 30.6 Å². The number of hydrogen-bond donors (Lipinski definition) is 4. The summed E-state index contributed by atoms with van der Waals surface area (Å²) in [5, 5.41) is 9.38. The molecular weight excluding hydrogens is 418 g/mol. The number of carbonyl (C=O) groups is 1. The van der Waals surface area contributed by atoms with E-state index in [2.05, 4.69) is 49.9 Å². The van der Waals surface area contributed by atoms with Crippen molar-refractivity contribution in [1.82, 2.24) is 15.3 Å². The van der Waals surface area contributed by atoms with Gasteiger partial charge in [0, 0.05) is 36.5 Å². The first-order valence-corrected chi connectivity index (χ1v) is 12.0. The Morgan fingerprint density at radius 2 is 1.85 bits per heavy atom. The first-order chi connectivity index (χ1) is 16.1. The van der Waals surface area contributed by atoms with Crippen LogP contribution in [0.3, 0.4) is 0 Å². The van der Waals surface area contributed by atoms with Crippen molar-refractivity contribution >= 4 is 29.0 Å². The van der Waals surface area contributed by atoms with Gasteiger partial charge in [0.2, 0.25) is 11.8 Å². The van der Waals surface area contributed by atoms with Gasteiger partial charge in [0.05, 0.1) is 0 Å². The highest BCUT2D eigenvalue weighted by atomic mass is 16.5. The standard InChI is InChI=1S/C24H33N7O2/c1-15-10-12-31(13-11-15)17-8-6-16(7-9-17)27-21-20-22(32)26-14-33-23(20)30-24(29-21)28-19-5-3-2-4-18(19)25/h6-9,15,18-19H,2-5,10-14,25H2,1H3,(H,26,32)(H2,27,28,29,30). The van der Waals surface area contributed by atoms with E-state index in [1.54, 1.807) is 0 Å². The van der Waals surface area contributed by atoms with E-state index in [1.807, 2.05) is 12.1 Å². The summed E-state index contributed by atoms with van der Waals surface area (Å²) in [5.41, 5.74) is 8.68. The number of nitrogens with zero attached hydrogens (tertiary/aromatic N) is 3. The van der Waals surface area contributed by atoms with Crippen LogP contribution < -0.4 is 31.3 Å². The van der Waals surface area contributed by atoms with Crippen LogP contribution in [0, 0.1) is 5.92 Å². The molecule has 0 bridgehead atoms. The van der Waals surface area contributed by atoms with Crippen molar-refractivity contribution in [3.63, 3.8) is 0 Å². The topological polar surface area (TPSA) is 117 Å². The largest absolute Gasteiger partial charge is 0.456 e. The van der Waals surface area contributed by atoms with Crippen molar-refractivity contribution in [2.75, 3.05) is 35.4 Å². The van der Waals surface area contributed by atoms with Gasteiger partial charge in [0.25, 0.3) is 5.91 Å². The average molecular weight is 452 g/mol. The van der Waals surface area contributed by atoms with E-state index in [0.717, 1.165) is 50.4 Å². The molecule has 176 valence electrons. The van der Waals surface area contributed by atoms with E-state index in [0.29, 0.717) is 17.3 Å². The molecule has 1 amide bonds. The lowest BCUT2D eigenvalue weighted by molar-refractivity contribution is 0.0879. The third-order valence-corrected chi connectivity index (χ3v) is 6.96. The second-order valence-corrected chi connectivity index (χ2v) is 9.41. The lowest BCUT2D eigenvalue weighted by Crippen LogP contribution is -2.43. The second kappa shape index (κ2) is 9.43. The monoisotopic (exact) mass is 451 g/mol. The molecular formula is C24H33N7O2. The van der Waals surface area contributed by atoms with Gasteiger partial charge in [0.15, 0.2) is 12.5 Å². The number of rotatable bonds is 5. The average Bonchev–Trinajstić information content (AvgIpc) is 2.82. The third-order valence-electron chi connectivity index (χ3n) is 6.96. The summed E-state index contributed by atoms with van der Waals surface area (Å²) in [4.78, 5) is 24.1. The Hall–Kier alpha value is -3.07. The van der Waals surface area contributed by atoms with Crippen molar-refractivity contribution in [3.05, 3.63) is 29.8 Å². The Morgan fingerprint density at radius 1 is 1.09 bits per heavy atom. The Balaban J connectivity index is 1.37. The number of fused-ring (bicyclic) bond motifs is 1. The zero-order chi connectivity index (χ0) is 22.8. The lowest BCUT2D eigenvalue weighted by atomic mass is 9.91. The van der Waals surface area contributed by atoms with E-state index in [9.17, 15) is 4.79 Å². The predicted molar refractivity (Wildman–Crippen MR) is 129 cm³/mol. The quantitative estimate of drug-likeness (QED) is 0.547. The molecule has 1 aliphatic carbocycles. The predicted octanol–water partition coefficient (Wildman–Crippen LogP) is 3.22. The minimum atomic E-state index is -0.251. The highest BCUT2D eigenvalue weighted by Gasteiger charge is 2.28. The van der Waals surface area contributed by atoms with E-state index >= 15 is 0 Å². The van der Waals surface area contributed by atoms with E-state index in [4.69, 9.17) is 10.5 Å². The molecule has 3 heterocycles. The number of ether oxygens (including phenoxy) is 1. The van der Waals surface area contributed by atoms with Gasteiger partial charge < -0.3 is 31.3 Å². The summed E-state index contributed by atoms with van der Waals surface area (Å²) in [5.74, 6) is 1.67. The number of amides is 1. The highest BCUT2D eigenvalue weighted by Crippen LogP contribution is 2.31. The van der Waals surface area contributed by atoms with Crippen LogP contribution in [0.2, 0.25) is 0 Å². The fourth-order valence-electron chi connectivity index (χ4n) is 4.83. The molecule has 33 heavy (non-hydrogen) atoms. The summed E-state index contributed by atoms with van der Waals surface area (Å²) in [6.07, 6.45) is 6.68. The maximum absolute atomic E-state index is 12.6. The van der Waals surface area contributed by atoms with Crippen LogP contribution in [0.4, 0.5) is 23.1 Å². The number of carbonyl (C=O) groups excluding carboxylic acids is 1. The highest BCUT2D eigenvalue weighted by molar-refractivity contribution is 6.02. The number of nitrogens with one attached hydrogen (secondary N) is 3. The summed E-state index contributed by atoms with van der Waals surface area (Å²) in [7, 11) is 0. The van der Waals surface area contributed by atoms with Crippen LogP contribution in [-0.2, 0) is 0 Å². The zero-order valence-corrected chi connectivity index (χ0v) is 19.1. The zero-order valence-electron chi connectivity index (χ0n) is 19.1. The van der Waals surface area contributed by atoms with Crippen LogP contribution in [0.1, 0.15) is 55.8 Å². The molecule has 5 N–H and O–H groups in total. The Morgan fingerprint density at radius 3 is 2.61 bits per heavy atom. The molecule has 1 aromatic heterocycles. The molecule has 9 heteroatoms. The molecule has 1 saturated heterocycles. The van der Waals surface area contributed by atoms with Crippen molar-refractivity contribution in [3.8, 4) is 5.88 Å². The van der Waals surface area contributed by atoms with Gasteiger partial charge in [-0.05, 0) is 55.9 Å². The fourth-order valence-corrected chi connectivity index (χ4v) is 4.83. The SMILES string of the molecule is CC1CCN(c2ccc(Nc3nc(NC4CCCCC4N)nc4c3C(=O)NCO4)cc2)CC1. The van der Waals surface area contributed by atoms with Crippen molar-refractivity contribution in [1.29, 1.82) is 0 Å². The van der Waals surface area contributed by atoms with Gasteiger partial charge in [-0.25, -0.2) is 0 Å². The van der Waals surface area contributed by atoms with Crippen LogP contribution in [0.5, 0.6) is 5.88 Å². The normalized spacial score (nSPS) is 23.3. The molecule has 5 rings (SSSR count). The van der Waals surface area contributed by atoms with Gasteiger partial charge in [-0.2, -0.15) is 9.97 Å². The molecule has 2 aliphatic heterocycles. The number of nitrogens with two attached hydrogens (primary N) is 1. The number of anilines is 4. The first-order valence-electron chi connectivity index (χ1n) is 12.0. The Labute approximate surface area is 194 Å². The summed E-state index contributed by atoms with van der Waals surface area (Å²) < 4.78 is 5.64. The smallest absolute Gasteiger partial charge is 0.263 e. The molecule has 2 unspecified atom stereocenters. The summed E-state index contributed by atoms with van der Waals surface area (Å²) in [6, 6.07) is 8.44. The minimum absolute atomic E-state index is 0.0596. The van der Waals surface area contributed by atoms with E-state index in [1.165, 1.54) is 18.5 Å².